The Balaban J connectivity index is 2.29. The van der Waals surface area contributed by atoms with Gasteiger partial charge in [-0.2, -0.15) is 4.98 Å². The molecule has 0 saturated carbocycles. The second-order valence-electron chi connectivity index (χ2n) is 4.67. The Bertz CT molecular complexity index is 586. The van der Waals surface area contributed by atoms with Gasteiger partial charge in [0.2, 0.25) is 11.7 Å². The first-order valence-electron chi connectivity index (χ1n) is 6.49. The summed E-state index contributed by atoms with van der Waals surface area (Å²) in [6.45, 7) is 3.94. The number of nitrogens with two attached hydrogens (primary N) is 1. The average Bonchev–Trinajstić information content (AvgIpc) is 2.95. The minimum Gasteiger partial charge on any atom is -0.494 e. The first-order chi connectivity index (χ1) is 9.56. The van der Waals surface area contributed by atoms with Gasteiger partial charge in [0.05, 0.1) is 13.0 Å². The number of methoxy groups -OCH3 is 1. The molecule has 0 aliphatic carbocycles. The van der Waals surface area contributed by atoms with E-state index in [1.54, 1.807) is 6.07 Å². The van der Waals surface area contributed by atoms with Crippen LogP contribution in [0.5, 0.6) is 5.75 Å². The second kappa shape index (κ2) is 6.00. The molecule has 0 aliphatic heterocycles. The normalized spacial score (nSPS) is 14.1. The van der Waals surface area contributed by atoms with Gasteiger partial charge < -0.3 is 15.0 Å². The van der Waals surface area contributed by atoms with E-state index in [-0.39, 0.29) is 17.7 Å². The van der Waals surface area contributed by atoms with E-state index in [0.29, 0.717) is 17.3 Å². The molecule has 0 fully saturated rings. The highest BCUT2D eigenvalue weighted by Gasteiger charge is 2.20. The molecule has 0 amide bonds. The monoisotopic (exact) mass is 279 g/mol. The van der Waals surface area contributed by atoms with Crippen molar-refractivity contribution < 1.29 is 13.7 Å². The predicted octanol–water partition coefficient (Wildman–Crippen LogP) is 2.73. The molecule has 2 N–H and O–H groups in total. The summed E-state index contributed by atoms with van der Waals surface area (Å²) in [5.74, 6) is 0.572. The highest BCUT2D eigenvalue weighted by atomic mass is 19.1. The zero-order valence-corrected chi connectivity index (χ0v) is 11.8. The largest absolute Gasteiger partial charge is 0.494 e. The molecule has 0 bridgehead atoms. The van der Waals surface area contributed by atoms with Crippen LogP contribution in [-0.4, -0.2) is 23.3 Å². The molecule has 6 heteroatoms. The van der Waals surface area contributed by atoms with Gasteiger partial charge in [-0.3, -0.25) is 0 Å². The summed E-state index contributed by atoms with van der Waals surface area (Å²) in [5, 5.41) is 3.91. The Kier molecular flexibility index (Phi) is 4.34. The summed E-state index contributed by atoms with van der Waals surface area (Å²) in [6, 6.07) is 4.39. The fourth-order valence-corrected chi connectivity index (χ4v) is 1.87. The van der Waals surface area contributed by atoms with Crippen LogP contribution in [0.3, 0.4) is 0 Å². The van der Waals surface area contributed by atoms with Crippen molar-refractivity contribution in [2.75, 3.05) is 7.11 Å². The zero-order valence-electron chi connectivity index (χ0n) is 11.8. The lowest BCUT2D eigenvalue weighted by molar-refractivity contribution is 0.340. The Morgan fingerprint density at radius 2 is 2.20 bits per heavy atom. The third-order valence-electron chi connectivity index (χ3n) is 3.35. The molecular weight excluding hydrogens is 261 g/mol. The van der Waals surface area contributed by atoms with Gasteiger partial charge in [-0.05, 0) is 24.6 Å². The highest BCUT2D eigenvalue weighted by Crippen LogP contribution is 2.26. The average molecular weight is 279 g/mol. The van der Waals surface area contributed by atoms with E-state index in [1.165, 1.54) is 19.2 Å². The van der Waals surface area contributed by atoms with Crippen molar-refractivity contribution in [3.63, 3.8) is 0 Å². The van der Waals surface area contributed by atoms with E-state index in [9.17, 15) is 4.39 Å². The first kappa shape index (κ1) is 14.5. The fourth-order valence-electron chi connectivity index (χ4n) is 1.87. The molecule has 1 heterocycles. The zero-order chi connectivity index (χ0) is 14.7. The van der Waals surface area contributed by atoms with E-state index in [4.69, 9.17) is 15.0 Å². The summed E-state index contributed by atoms with van der Waals surface area (Å²) < 4.78 is 23.5. The number of hydrogen-bond acceptors (Lipinski definition) is 5. The molecule has 1 aromatic carbocycles. The minimum absolute atomic E-state index is 0.0245. The van der Waals surface area contributed by atoms with Gasteiger partial charge in [0.1, 0.15) is 0 Å². The van der Waals surface area contributed by atoms with Crippen LogP contribution in [0, 0.1) is 5.82 Å². The molecule has 5 nitrogen and oxygen atoms in total. The van der Waals surface area contributed by atoms with E-state index < -0.39 is 5.82 Å². The maximum absolute atomic E-state index is 13.4. The van der Waals surface area contributed by atoms with Gasteiger partial charge in [0.15, 0.2) is 11.6 Å². The number of benzene rings is 1. The predicted molar refractivity (Wildman–Crippen MR) is 72.9 cm³/mol. The molecule has 2 atom stereocenters. The lowest BCUT2D eigenvalue weighted by Gasteiger charge is -2.13. The van der Waals surface area contributed by atoms with Crippen LogP contribution in [0.25, 0.3) is 11.4 Å². The van der Waals surface area contributed by atoms with Gasteiger partial charge >= 0.3 is 0 Å². The van der Waals surface area contributed by atoms with Crippen molar-refractivity contribution >= 4 is 0 Å². The lowest BCUT2D eigenvalue weighted by atomic mass is 10.0. The van der Waals surface area contributed by atoms with Crippen molar-refractivity contribution in [3.8, 4) is 17.1 Å². The van der Waals surface area contributed by atoms with E-state index in [2.05, 4.69) is 10.1 Å². The summed E-state index contributed by atoms with van der Waals surface area (Å²) in [6.07, 6.45) is 0.823. The summed E-state index contributed by atoms with van der Waals surface area (Å²) in [4.78, 5) is 4.32. The van der Waals surface area contributed by atoms with Crippen molar-refractivity contribution in [3.05, 3.63) is 29.9 Å². The number of ether oxygens (including phenoxy) is 1. The van der Waals surface area contributed by atoms with Crippen molar-refractivity contribution in [2.24, 2.45) is 5.73 Å². The number of rotatable bonds is 5. The summed E-state index contributed by atoms with van der Waals surface area (Å²) in [5.41, 5.74) is 6.60. The Morgan fingerprint density at radius 1 is 1.45 bits per heavy atom. The number of nitrogens with zero attached hydrogens (tertiary/aromatic N) is 2. The van der Waals surface area contributed by atoms with Crippen LogP contribution in [0.2, 0.25) is 0 Å². The van der Waals surface area contributed by atoms with E-state index >= 15 is 0 Å². The Hall–Kier alpha value is -1.95. The molecule has 0 saturated heterocycles. The maximum atomic E-state index is 13.4. The van der Waals surface area contributed by atoms with E-state index in [0.717, 1.165) is 6.42 Å². The van der Waals surface area contributed by atoms with Crippen LogP contribution in [0.15, 0.2) is 22.7 Å². The van der Waals surface area contributed by atoms with Crippen LogP contribution in [0.4, 0.5) is 4.39 Å². The summed E-state index contributed by atoms with van der Waals surface area (Å²) in [7, 11) is 1.41. The maximum Gasteiger partial charge on any atom is 0.231 e. The quantitative estimate of drug-likeness (QED) is 0.910. The SMILES string of the molecule is CCC(N)C(C)c1nc(-c2ccc(F)c(OC)c2)no1. The van der Waals surface area contributed by atoms with Crippen molar-refractivity contribution in [2.45, 2.75) is 32.2 Å². The summed E-state index contributed by atoms with van der Waals surface area (Å²) >= 11 is 0. The Labute approximate surface area is 116 Å². The van der Waals surface area contributed by atoms with Crippen LogP contribution < -0.4 is 10.5 Å². The molecule has 2 rings (SSSR count). The number of aromatic nitrogens is 2. The molecule has 20 heavy (non-hydrogen) atoms. The van der Waals surface area contributed by atoms with Crippen LogP contribution in [-0.2, 0) is 0 Å². The number of halogens is 1. The lowest BCUT2D eigenvalue weighted by Crippen LogP contribution is -2.25. The van der Waals surface area contributed by atoms with Gasteiger partial charge in [-0.15, -0.1) is 0 Å². The van der Waals surface area contributed by atoms with Crippen LogP contribution in [0.1, 0.15) is 32.1 Å². The number of hydrogen-bond donors (Lipinski definition) is 1. The minimum atomic E-state index is -0.429. The molecule has 0 radical (unpaired) electrons. The smallest absolute Gasteiger partial charge is 0.231 e. The molecule has 0 aliphatic rings. The van der Waals surface area contributed by atoms with Gasteiger partial charge in [0.25, 0.3) is 0 Å². The topological polar surface area (TPSA) is 74.2 Å². The fraction of sp³-hybridized carbons (Fsp3) is 0.429. The molecule has 108 valence electrons. The van der Waals surface area contributed by atoms with Gasteiger partial charge in [-0.1, -0.05) is 19.0 Å². The van der Waals surface area contributed by atoms with Crippen LogP contribution >= 0.6 is 0 Å². The van der Waals surface area contributed by atoms with Crippen molar-refractivity contribution in [1.82, 2.24) is 10.1 Å². The first-order valence-corrected chi connectivity index (χ1v) is 6.49. The molecule has 1 aromatic heterocycles. The van der Waals surface area contributed by atoms with Gasteiger partial charge in [-0.25, -0.2) is 4.39 Å². The third kappa shape index (κ3) is 2.80. The third-order valence-corrected chi connectivity index (χ3v) is 3.35. The standard InChI is InChI=1S/C14H18FN3O2/c1-4-11(16)8(2)14-17-13(18-20-14)9-5-6-10(15)12(7-9)19-3/h5-8,11H,4,16H2,1-3H3. The molecule has 2 aromatic rings. The molecular formula is C14H18FN3O2. The molecule has 0 spiro atoms. The highest BCUT2D eigenvalue weighted by molar-refractivity contribution is 5.57. The molecule has 2 unspecified atom stereocenters. The van der Waals surface area contributed by atoms with Gasteiger partial charge in [0, 0.05) is 11.6 Å². The van der Waals surface area contributed by atoms with Crippen molar-refractivity contribution in [1.29, 1.82) is 0 Å². The van der Waals surface area contributed by atoms with E-state index in [1.807, 2.05) is 13.8 Å². The Morgan fingerprint density at radius 3 is 2.85 bits per heavy atom. The second-order valence-corrected chi connectivity index (χ2v) is 4.67.